The molecular formula is C21H22N2O4. The number of hydrogen-bond acceptors (Lipinski definition) is 4. The lowest BCUT2D eigenvalue weighted by atomic mass is 9.93. The topological polar surface area (TPSA) is 76.7 Å². The summed E-state index contributed by atoms with van der Waals surface area (Å²) >= 11 is 0. The van der Waals surface area contributed by atoms with E-state index in [4.69, 9.17) is 9.47 Å². The SMILES string of the molecule is CC(C)(NC(=O)c1ccc(NC(=O)C2CC2)cc1)c1ccc2c(c1)OCO2. The molecule has 1 fully saturated rings. The highest BCUT2D eigenvalue weighted by molar-refractivity contribution is 5.97. The van der Waals surface area contributed by atoms with E-state index in [-0.39, 0.29) is 24.5 Å². The number of hydrogen-bond donors (Lipinski definition) is 2. The van der Waals surface area contributed by atoms with Gasteiger partial charge in [0.05, 0.1) is 5.54 Å². The van der Waals surface area contributed by atoms with Crippen LogP contribution in [-0.2, 0) is 10.3 Å². The standard InChI is InChI=1S/C21H22N2O4/c1-21(2,15-7-10-17-18(11-15)27-12-26-17)23-20(25)14-5-8-16(9-6-14)22-19(24)13-3-4-13/h5-11,13H,3-4,12H2,1-2H3,(H,22,24)(H,23,25). The molecule has 2 aromatic carbocycles. The van der Waals surface area contributed by atoms with E-state index < -0.39 is 5.54 Å². The highest BCUT2D eigenvalue weighted by atomic mass is 16.7. The third-order valence-corrected chi connectivity index (χ3v) is 4.88. The fourth-order valence-corrected chi connectivity index (χ4v) is 3.01. The molecule has 0 radical (unpaired) electrons. The number of benzene rings is 2. The van der Waals surface area contributed by atoms with Crippen LogP contribution in [0.3, 0.4) is 0 Å². The van der Waals surface area contributed by atoms with Gasteiger partial charge in [0.2, 0.25) is 12.7 Å². The Hall–Kier alpha value is -3.02. The molecule has 1 saturated carbocycles. The van der Waals surface area contributed by atoms with E-state index in [1.807, 2.05) is 32.0 Å². The summed E-state index contributed by atoms with van der Waals surface area (Å²) in [5.74, 6) is 1.42. The Morgan fingerprint density at radius 2 is 1.70 bits per heavy atom. The van der Waals surface area contributed by atoms with Gasteiger partial charge in [-0.15, -0.1) is 0 Å². The molecule has 1 aliphatic carbocycles. The number of ether oxygens (including phenoxy) is 2. The van der Waals surface area contributed by atoms with E-state index in [0.29, 0.717) is 22.7 Å². The first-order valence-electron chi connectivity index (χ1n) is 9.06. The second-order valence-corrected chi connectivity index (χ2v) is 7.49. The van der Waals surface area contributed by atoms with E-state index in [1.54, 1.807) is 24.3 Å². The molecule has 1 aliphatic heterocycles. The Morgan fingerprint density at radius 3 is 2.41 bits per heavy atom. The first kappa shape index (κ1) is 17.4. The summed E-state index contributed by atoms with van der Waals surface area (Å²) < 4.78 is 10.8. The van der Waals surface area contributed by atoms with Crippen LogP contribution < -0.4 is 20.1 Å². The highest BCUT2D eigenvalue weighted by Crippen LogP contribution is 2.35. The van der Waals surface area contributed by atoms with Crippen LogP contribution in [-0.4, -0.2) is 18.6 Å². The quantitative estimate of drug-likeness (QED) is 0.850. The molecule has 0 bridgehead atoms. The molecule has 0 aromatic heterocycles. The molecule has 2 amide bonds. The molecule has 27 heavy (non-hydrogen) atoms. The summed E-state index contributed by atoms with van der Waals surface area (Å²) in [6.07, 6.45) is 1.92. The average Bonchev–Trinajstić information content (AvgIpc) is 3.39. The van der Waals surface area contributed by atoms with Crippen LogP contribution >= 0.6 is 0 Å². The van der Waals surface area contributed by atoms with Gasteiger partial charge in [0, 0.05) is 17.2 Å². The highest BCUT2D eigenvalue weighted by Gasteiger charge is 2.29. The normalized spacial score (nSPS) is 15.3. The first-order chi connectivity index (χ1) is 12.9. The summed E-state index contributed by atoms with van der Waals surface area (Å²) in [5, 5.41) is 5.92. The number of anilines is 1. The lowest BCUT2D eigenvalue weighted by Crippen LogP contribution is -2.40. The van der Waals surface area contributed by atoms with Gasteiger partial charge in [-0.1, -0.05) is 6.07 Å². The minimum Gasteiger partial charge on any atom is -0.454 e. The molecule has 2 N–H and O–H groups in total. The maximum atomic E-state index is 12.7. The molecule has 2 aromatic rings. The van der Waals surface area contributed by atoms with Gasteiger partial charge >= 0.3 is 0 Å². The van der Waals surface area contributed by atoms with Gasteiger partial charge in [0.25, 0.3) is 5.91 Å². The van der Waals surface area contributed by atoms with Crippen molar-refractivity contribution in [1.82, 2.24) is 5.32 Å². The van der Waals surface area contributed by atoms with Crippen LogP contribution in [0.2, 0.25) is 0 Å². The summed E-state index contributed by atoms with van der Waals surface area (Å²) in [6.45, 7) is 4.09. The van der Waals surface area contributed by atoms with Crippen molar-refractivity contribution in [3.8, 4) is 11.5 Å². The van der Waals surface area contributed by atoms with Gasteiger partial charge in [-0.3, -0.25) is 9.59 Å². The van der Waals surface area contributed by atoms with Crippen LogP contribution in [0, 0.1) is 5.92 Å². The van der Waals surface area contributed by atoms with Gasteiger partial charge in [-0.05, 0) is 68.7 Å². The Kier molecular flexibility index (Phi) is 4.26. The number of carbonyl (C=O) groups is 2. The molecule has 6 heteroatoms. The van der Waals surface area contributed by atoms with E-state index in [1.165, 1.54) is 0 Å². The second kappa shape index (κ2) is 6.61. The van der Waals surface area contributed by atoms with E-state index in [2.05, 4.69) is 10.6 Å². The van der Waals surface area contributed by atoms with E-state index >= 15 is 0 Å². The summed E-state index contributed by atoms with van der Waals surface area (Å²) in [5.41, 5.74) is 1.58. The zero-order valence-corrected chi connectivity index (χ0v) is 15.4. The number of rotatable bonds is 5. The second-order valence-electron chi connectivity index (χ2n) is 7.49. The van der Waals surface area contributed by atoms with Gasteiger partial charge in [0.15, 0.2) is 11.5 Å². The Balaban J connectivity index is 1.43. The number of fused-ring (bicyclic) bond motifs is 1. The lowest BCUT2D eigenvalue weighted by molar-refractivity contribution is -0.117. The van der Waals surface area contributed by atoms with E-state index in [0.717, 1.165) is 18.4 Å². The molecule has 0 spiro atoms. The van der Waals surface area contributed by atoms with Crippen molar-refractivity contribution < 1.29 is 19.1 Å². The summed E-state index contributed by atoms with van der Waals surface area (Å²) in [6, 6.07) is 12.6. The smallest absolute Gasteiger partial charge is 0.251 e. The van der Waals surface area contributed by atoms with Crippen molar-refractivity contribution in [3.63, 3.8) is 0 Å². The summed E-state index contributed by atoms with van der Waals surface area (Å²) in [7, 11) is 0. The molecule has 1 heterocycles. The third kappa shape index (κ3) is 3.74. The van der Waals surface area contributed by atoms with Crippen molar-refractivity contribution in [2.45, 2.75) is 32.2 Å². The molecule has 4 rings (SSSR count). The Morgan fingerprint density at radius 1 is 1.00 bits per heavy atom. The molecular weight excluding hydrogens is 344 g/mol. The predicted molar refractivity (Wildman–Crippen MR) is 101 cm³/mol. The van der Waals surface area contributed by atoms with Gasteiger partial charge in [-0.25, -0.2) is 0 Å². The number of amides is 2. The van der Waals surface area contributed by atoms with Crippen LogP contribution in [0.1, 0.15) is 42.6 Å². The van der Waals surface area contributed by atoms with Gasteiger partial charge in [-0.2, -0.15) is 0 Å². The molecule has 6 nitrogen and oxygen atoms in total. The van der Waals surface area contributed by atoms with Gasteiger partial charge in [0.1, 0.15) is 0 Å². The fraction of sp³-hybridized carbons (Fsp3) is 0.333. The number of nitrogens with one attached hydrogen (secondary N) is 2. The Bertz CT molecular complexity index is 886. The fourth-order valence-electron chi connectivity index (χ4n) is 3.01. The van der Waals surface area contributed by atoms with E-state index in [9.17, 15) is 9.59 Å². The largest absolute Gasteiger partial charge is 0.454 e. The average molecular weight is 366 g/mol. The first-order valence-corrected chi connectivity index (χ1v) is 9.06. The van der Waals surface area contributed by atoms with Crippen molar-refractivity contribution in [2.75, 3.05) is 12.1 Å². The predicted octanol–water partition coefficient (Wildman–Crippen LogP) is 3.43. The monoisotopic (exact) mass is 366 g/mol. The van der Waals surface area contributed by atoms with Crippen molar-refractivity contribution in [3.05, 3.63) is 53.6 Å². The molecule has 140 valence electrons. The van der Waals surface area contributed by atoms with Gasteiger partial charge < -0.3 is 20.1 Å². The molecule has 0 atom stereocenters. The maximum Gasteiger partial charge on any atom is 0.251 e. The third-order valence-electron chi connectivity index (χ3n) is 4.88. The maximum absolute atomic E-state index is 12.7. The zero-order chi connectivity index (χ0) is 19.0. The van der Waals surface area contributed by atoms with Crippen LogP contribution in [0.15, 0.2) is 42.5 Å². The Labute approximate surface area is 157 Å². The van der Waals surface area contributed by atoms with Crippen LogP contribution in [0.25, 0.3) is 0 Å². The molecule has 0 unspecified atom stereocenters. The van der Waals surface area contributed by atoms with Crippen molar-refractivity contribution >= 4 is 17.5 Å². The zero-order valence-electron chi connectivity index (χ0n) is 15.4. The summed E-state index contributed by atoms with van der Waals surface area (Å²) in [4.78, 5) is 24.5. The molecule has 2 aliphatic rings. The van der Waals surface area contributed by atoms with Crippen molar-refractivity contribution in [2.24, 2.45) is 5.92 Å². The lowest BCUT2D eigenvalue weighted by Gasteiger charge is -2.27. The number of carbonyl (C=O) groups excluding carboxylic acids is 2. The molecule has 0 saturated heterocycles. The van der Waals surface area contributed by atoms with Crippen molar-refractivity contribution in [1.29, 1.82) is 0 Å². The van der Waals surface area contributed by atoms with Crippen LogP contribution in [0.4, 0.5) is 5.69 Å². The van der Waals surface area contributed by atoms with Crippen LogP contribution in [0.5, 0.6) is 11.5 Å². The minimum atomic E-state index is -0.586. The minimum absolute atomic E-state index is 0.0520.